The number of benzene rings is 3. The molecule has 27 heavy (non-hydrogen) atoms. The van der Waals surface area contributed by atoms with Gasteiger partial charge in [0, 0.05) is 0 Å². The Balaban J connectivity index is 1.87. The van der Waals surface area contributed by atoms with E-state index >= 15 is 0 Å². The molecule has 3 aromatic rings. The third kappa shape index (κ3) is 4.74. The van der Waals surface area contributed by atoms with Crippen molar-refractivity contribution < 1.29 is 18.3 Å². The van der Waals surface area contributed by atoms with Crippen LogP contribution in [0.3, 0.4) is 0 Å². The van der Waals surface area contributed by atoms with Crippen LogP contribution in [0.25, 0.3) is 0 Å². The summed E-state index contributed by atoms with van der Waals surface area (Å²) >= 11 is 0. The van der Waals surface area contributed by atoms with E-state index in [0.717, 1.165) is 17.5 Å². The van der Waals surface area contributed by atoms with Crippen molar-refractivity contribution in [3.8, 4) is 0 Å². The summed E-state index contributed by atoms with van der Waals surface area (Å²) in [6.45, 7) is 0. The molecule has 6 heteroatoms. The maximum absolute atomic E-state index is 12.6. The first-order chi connectivity index (χ1) is 13.0. The molecule has 0 aliphatic carbocycles. The summed E-state index contributed by atoms with van der Waals surface area (Å²) in [4.78, 5) is 11.6. The molecule has 2 N–H and O–H groups in total. The largest absolute Gasteiger partial charge is 0.478 e. The van der Waals surface area contributed by atoms with Gasteiger partial charge in [-0.15, -0.1) is 0 Å². The highest BCUT2D eigenvalue weighted by atomic mass is 32.2. The lowest BCUT2D eigenvalue weighted by atomic mass is 10.0. The molecule has 3 aromatic carbocycles. The zero-order valence-corrected chi connectivity index (χ0v) is 15.3. The lowest BCUT2D eigenvalue weighted by Gasteiger charge is -2.12. The molecular weight excluding hydrogens is 362 g/mol. The fraction of sp³-hybridized carbons (Fsp3) is 0.0952. The van der Waals surface area contributed by atoms with Gasteiger partial charge in [-0.1, -0.05) is 54.6 Å². The molecule has 138 valence electrons. The van der Waals surface area contributed by atoms with Crippen LogP contribution in [0.2, 0.25) is 0 Å². The van der Waals surface area contributed by atoms with Crippen LogP contribution in [0, 0.1) is 0 Å². The number of hydrogen-bond acceptors (Lipinski definition) is 3. The van der Waals surface area contributed by atoms with Crippen molar-refractivity contribution in [2.75, 3.05) is 4.72 Å². The molecule has 0 unspecified atom stereocenters. The molecule has 0 spiro atoms. The molecule has 0 atom stereocenters. The van der Waals surface area contributed by atoms with E-state index in [1.54, 1.807) is 30.3 Å². The van der Waals surface area contributed by atoms with Crippen LogP contribution in [0.5, 0.6) is 0 Å². The Morgan fingerprint density at radius 3 is 2.04 bits per heavy atom. The Bertz CT molecular complexity index is 1030. The molecular formula is C21H19NO4S. The molecule has 0 bridgehead atoms. The second kappa shape index (κ2) is 8.05. The summed E-state index contributed by atoms with van der Waals surface area (Å²) in [5.74, 6) is -1.18. The van der Waals surface area contributed by atoms with Gasteiger partial charge in [-0.3, -0.25) is 4.72 Å². The molecule has 0 saturated carbocycles. The zero-order valence-electron chi connectivity index (χ0n) is 14.5. The van der Waals surface area contributed by atoms with Gasteiger partial charge in [0.2, 0.25) is 0 Å². The lowest BCUT2D eigenvalue weighted by Crippen LogP contribution is -2.16. The number of anilines is 1. The third-order valence-electron chi connectivity index (χ3n) is 4.16. The Morgan fingerprint density at radius 2 is 1.41 bits per heavy atom. The van der Waals surface area contributed by atoms with Gasteiger partial charge in [-0.2, -0.15) is 0 Å². The number of sulfonamides is 1. The molecule has 0 aliphatic rings. The Hall–Kier alpha value is -3.12. The lowest BCUT2D eigenvalue weighted by molar-refractivity contribution is 0.0698. The molecule has 0 heterocycles. The van der Waals surface area contributed by atoms with Crippen molar-refractivity contribution >= 4 is 21.7 Å². The first-order valence-electron chi connectivity index (χ1n) is 8.44. The predicted octanol–water partition coefficient (Wildman–Crippen LogP) is 3.97. The normalized spacial score (nSPS) is 11.1. The summed E-state index contributed by atoms with van der Waals surface area (Å²) < 4.78 is 27.5. The minimum Gasteiger partial charge on any atom is -0.478 e. The molecule has 0 radical (unpaired) electrons. The fourth-order valence-electron chi connectivity index (χ4n) is 2.75. The van der Waals surface area contributed by atoms with Gasteiger partial charge < -0.3 is 5.11 Å². The topological polar surface area (TPSA) is 83.5 Å². The van der Waals surface area contributed by atoms with E-state index in [2.05, 4.69) is 4.72 Å². The summed E-state index contributed by atoms with van der Waals surface area (Å²) in [5.41, 5.74) is 2.00. The average Bonchev–Trinajstić information content (AvgIpc) is 2.67. The minimum absolute atomic E-state index is 0.0666. The number of carbonyl (C=O) groups is 1. The van der Waals surface area contributed by atoms with Gasteiger partial charge in [0.15, 0.2) is 0 Å². The van der Waals surface area contributed by atoms with Gasteiger partial charge in [-0.25, -0.2) is 13.2 Å². The van der Waals surface area contributed by atoms with E-state index in [1.807, 2.05) is 30.3 Å². The second-order valence-corrected chi connectivity index (χ2v) is 7.77. The number of aromatic carboxylic acids is 1. The van der Waals surface area contributed by atoms with Gasteiger partial charge in [0.25, 0.3) is 10.0 Å². The van der Waals surface area contributed by atoms with E-state index in [1.165, 1.54) is 18.2 Å². The number of carboxylic acids is 1. The van der Waals surface area contributed by atoms with E-state index in [4.69, 9.17) is 0 Å². The zero-order chi connectivity index (χ0) is 19.3. The molecule has 3 rings (SSSR count). The summed E-state index contributed by atoms with van der Waals surface area (Å²) in [6.07, 6.45) is 1.45. The number of hydrogen-bond donors (Lipinski definition) is 2. The number of rotatable bonds is 7. The van der Waals surface area contributed by atoms with Crippen LogP contribution in [0.1, 0.15) is 21.5 Å². The molecule has 0 amide bonds. The predicted molar refractivity (Wildman–Crippen MR) is 105 cm³/mol. The van der Waals surface area contributed by atoms with Crippen LogP contribution in [-0.2, 0) is 22.9 Å². The van der Waals surface area contributed by atoms with Crippen LogP contribution in [-0.4, -0.2) is 19.5 Å². The monoisotopic (exact) mass is 381 g/mol. The minimum atomic E-state index is -3.87. The maximum Gasteiger partial charge on any atom is 0.337 e. The van der Waals surface area contributed by atoms with Gasteiger partial charge in [0.05, 0.1) is 16.1 Å². The third-order valence-corrected chi connectivity index (χ3v) is 5.54. The molecule has 0 fully saturated rings. The molecule has 0 aliphatic heterocycles. The van der Waals surface area contributed by atoms with E-state index in [9.17, 15) is 18.3 Å². The number of nitrogens with one attached hydrogen (secondary N) is 1. The fourth-order valence-corrected chi connectivity index (χ4v) is 3.85. The molecule has 0 saturated heterocycles. The smallest absolute Gasteiger partial charge is 0.337 e. The summed E-state index contributed by atoms with van der Waals surface area (Å²) in [7, 11) is -3.87. The Morgan fingerprint density at radius 1 is 0.815 bits per heavy atom. The SMILES string of the molecule is O=C(O)c1ccc(CCc2ccccc2)cc1NS(=O)(=O)c1ccccc1. The van der Waals surface area contributed by atoms with Crippen molar-refractivity contribution in [2.24, 2.45) is 0 Å². The van der Waals surface area contributed by atoms with Crippen molar-refractivity contribution in [3.63, 3.8) is 0 Å². The summed E-state index contributed by atoms with van der Waals surface area (Å²) in [6, 6.07) is 22.5. The second-order valence-electron chi connectivity index (χ2n) is 6.09. The first kappa shape index (κ1) is 18.7. The van der Waals surface area contributed by atoms with Crippen LogP contribution >= 0.6 is 0 Å². The Kier molecular flexibility index (Phi) is 5.57. The van der Waals surface area contributed by atoms with E-state index in [0.29, 0.717) is 6.42 Å². The van der Waals surface area contributed by atoms with Gasteiger partial charge in [0.1, 0.15) is 0 Å². The van der Waals surface area contributed by atoms with Crippen molar-refractivity contribution in [1.29, 1.82) is 0 Å². The first-order valence-corrected chi connectivity index (χ1v) is 9.92. The highest BCUT2D eigenvalue weighted by molar-refractivity contribution is 7.92. The van der Waals surface area contributed by atoms with Gasteiger partial charge in [-0.05, 0) is 48.2 Å². The van der Waals surface area contributed by atoms with Crippen molar-refractivity contribution in [3.05, 3.63) is 95.6 Å². The molecule has 5 nitrogen and oxygen atoms in total. The van der Waals surface area contributed by atoms with Crippen molar-refractivity contribution in [2.45, 2.75) is 17.7 Å². The summed E-state index contributed by atoms with van der Waals surface area (Å²) in [5, 5.41) is 9.40. The van der Waals surface area contributed by atoms with E-state index < -0.39 is 16.0 Å². The molecule has 0 aromatic heterocycles. The highest BCUT2D eigenvalue weighted by Gasteiger charge is 2.18. The number of aryl methyl sites for hydroxylation is 2. The van der Waals surface area contributed by atoms with E-state index in [-0.39, 0.29) is 16.1 Å². The average molecular weight is 381 g/mol. The van der Waals surface area contributed by atoms with Crippen LogP contribution in [0.4, 0.5) is 5.69 Å². The highest BCUT2D eigenvalue weighted by Crippen LogP contribution is 2.23. The van der Waals surface area contributed by atoms with Crippen molar-refractivity contribution in [1.82, 2.24) is 0 Å². The van der Waals surface area contributed by atoms with Crippen LogP contribution in [0.15, 0.2) is 83.8 Å². The Labute approximate surface area is 158 Å². The van der Waals surface area contributed by atoms with Gasteiger partial charge >= 0.3 is 5.97 Å². The van der Waals surface area contributed by atoms with Crippen LogP contribution < -0.4 is 4.72 Å². The quantitative estimate of drug-likeness (QED) is 0.649. The maximum atomic E-state index is 12.6. The number of carboxylic acid groups (broad SMARTS) is 1. The standard InChI is InChI=1S/C21H19NO4S/c23-21(24)19-14-13-17(12-11-16-7-3-1-4-8-16)15-20(19)22-27(25,26)18-9-5-2-6-10-18/h1-10,13-15,22H,11-12H2,(H,23,24).